The molecular formula is C32H33N. The lowest BCUT2D eigenvalue weighted by Gasteiger charge is -2.04. The third-order valence-electron chi connectivity index (χ3n) is 4.79. The number of rotatable bonds is 7. The Balaban J connectivity index is 0.000000186. The van der Waals surface area contributed by atoms with Crippen LogP contribution in [0.15, 0.2) is 135 Å². The highest BCUT2D eigenvalue weighted by Gasteiger charge is 1.92. The van der Waals surface area contributed by atoms with Crippen molar-refractivity contribution in [2.75, 3.05) is 0 Å². The Morgan fingerprint density at radius 1 is 0.424 bits per heavy atom. The fourth-order valence-electron chi connectivity index (χ4n) is 2.90. The molecule has 0 bridgehead atoms. The van der Waals surface area contributed by atoms with Crippen molar-refractivity contribution in [1.29, 1.82) is 0 Å². The van der Waals surface area contributed by atoms with E-state index in [1.165, 1.54) is 16.7 Å². The van der Waals surface area contributed by atoms with Crippen LogP contribution in [0.25, 0.3) is 18.2 Å². The summed E-state index contributed by atoms with van der Waals surface area (Å²) in [7, 11) is 0. The van der Waals surface area contributed by atoms with Crippen LogP contribution in [0, 0.1) is 0 Å². The van der Waals surface area contributed by atoms with Gasteiger partial charge in [0.25, 0.3) is 0 Å². The zero-order chi connectivity index (χ0) is 23.6. The standard InChI is InChI=1S/C14H15N.C10H10.C8H8/c1-3-7-13(8-4-1)11-15-12-14-9-5-2-6-10-14;1-3-9-5-7-10(4-2)8-6-9;1-2-8-6-4-3-5-7-8/h1-10,15H,11-12H2;3-8H,1-2H2;2-7H,1H2. The normalized spacial score (nSPS) is 9.33. The van der Waals surface area contributed by atoms with Gasteiger partial charge in [0.2, 0.25) is 0 Å². The number of benzene rings is 4. The van der Waals surface area contributed by atoms with E-state index in [0.717, 1.165) is 24.2 Å². The van der Waals surface area contributed by atoms with E-state index in [0.29, 0.717) is 0 Å². The largest absolute Gasteiger partial charge is 0.309 e. The van der Waals surface area contributed by atoms with E-state index in [-0.39, 0.29) is 0 Å². The minimum absolute atomic E-state index is 0.926. The molecule has 0 heterocycles. The topological polar surface area (TPSA) is 12.0 Å². The second kappa shape index (κ2) is 15.8. The molecule has 1 nitrogen and oxygen atoms in total. The van der Waals surface area contributed by atoms with Crippen molar-refractivity contribution in [3.63, 3.8) is 0 Å². The zero-order valence-corrected chi connectivity index (χ0v) is 19.2. The van der Waals surface area contributed by atoms with Crippen molar-refractivity contribution in [2.45, 2.75) is 13.1 Å². The van der Waals surface area contributed by atoms with Crippen molar-refractivity contribution < 1.29 is 0 Å². The van der Waals surface area contributed by atoms with E-state index < -0.39 is 0 Å². The summed E-state index contributed by atoms with van der Waals surface area (Å²) in [6.45, 7) is 12.8. The highest BCUT2D eigenvalue weighted by Crippen LogP contribution is 2.05. The maximum Gasteiger partial charge on any atom is 0.0208 e. The lowest BCUT2D eigenvalue weighted by atomic mass is 10.1. The average molecular weight is 432 g/mol. The Morgan fingerprint density at radius 3 is 1.03 bits per heavy atom. The summed E-state index contributed by atoms with van der Waals surface area (Å²) in [5.74, 6) is 0. The first kappa shape index (κ1) is 25.3. The summed E-state index contributed by atoms with van der Waals surface area (Å²) in [5.41, 5.74) is 6.12. The van der Waals surface area contributed by atoms with E-state index in [4.69, 9.17) is 0 Å². The summed E-state index contributed by atoms with van der Waals surface area (Å²) in [6.07, 6.45) is 5.49. The lowest BCUT2D eigenvalue weighted by Crippen LogP contribution is -2.12. The Morgan fingerprint density at radius 2 is 0.727 bits per heavy atom. The van der Waals surface area contributed by atoms with Gasteiger partial charge in [0, 0.05) is 13.1 Å². The molecule has 1 heteroatoms. The third-order valence-corrected chi connectivity index (χ3v) is 4.79. The van der Waals surface area contributed by atoms with Crippen molar-refractivity contribution in [3.05, 3.63) is 163 Å². The van der Waals surface area contributed by atoms with E-state index in [1.54, 1.807) is 0 Å². The van der Waals surface area contributed by atoms with Crippen LogP contribution in [0.4, 0.5) is 0 Å². The van der Waals surface area contributed by atoms with E-state index in [9.17, 15) is 0 Å². The fourth-order valence-corrected chi connectivity index (χ4v) is 2.90. The van der Waals surface area contributed by atoms with E-state index in [1.807, 2.05) is 85.0 Å². The molecule has 4 aromatic rings. The predicted molar refractivity (Wildman–Crippen MR) is 147 cm³/mol. The van der Waals surface area contributed by atoms with Gasteiger partial charge in [0.15, 0.2) is 0 Å². The zero-order valence-electron chi connectivity index (χ0n) is 19.2. The molecule has 4 rings (SSSR count). The Bertz CT molecular complexity index is 983. The van der Waals surface area contributed by atoms with Crippen LogP contribution in [0.2, 0.25) is 0 Å². The summed E-state index contributed by atoms with van der Waals surface area (Å²) < 4.78 is 0. The smallest absolute Gasteiger partial charge is 0.0208 e. The van der Waals surface area contributed by atoms with Gasteiger partial charge in [-0.25, -0.2) is 0 Å². The predicted octanol–water partition coefficient (Wildman–Crippen LogP) is 8.28. The van der Waals surface area contributed by atoms with Gasteiger partial charge in [0.1, 0.15) is 0 Å². The Labute approximate surface area is 199 Å². The van der Waals surface area contributed by atoms with Crippen molar-refractivity contribution >= 4 is 18.2 Å². The van der Waals surface area contributed by atoms with Crippen LogP contribution in [0.3, 0.4) is 0 Å². The molecule has 0 aliphatic heterocycles. The molecule has 0 radical (unpaired) electrons. The van der Waals surface area contributed by atoms with E-state index >= 15 is 0 Å². The van der Waals surface area contributed by atoms with Gasteiger partial charge >= 0.3 is 0 Å². The Hall–Kier alpha value is -3.94. The summed E-state index contributed by atoms with van der Waals surface area (Å²) in [6, 6.07) is 39.0. The minimum atomic E-state index is 0.926. The highest BCUT2D eigenvalue weighted by atomic mass is 14.8. The van der Waals surface area contributed by atoms with Crippen LogP contribution in [-0.2, 0) is 13.1 Å². The molecule has 0 saturated heterocycles. The molecule has 0 amide bonds. The second-order valence-electron chi connectivity index (χ2n) is 7.26. The molecule has 0 aliphatic rings. The molecule has 0 spiro atoms. The lowest BCUT2D eigenvalue weighted by molar-refractivity contribution is 0.693. The first-order valence-electron chi connectivity index (χ1n) is 11.1. The summed E-state index contributed by atoms with van der Waals surface area (Å²) >= 11 is 0. The quantitative estimate of drug-likeness (QED) is 0.310. The molecule has 4 aromatic carbocycles. The SMILES string of the molecule is C=Cc1ccc(C=C)cc1.C=Cc1ccccc1.c1ccc(CNCc2ccccc2)cc1. The van der Waals surface area contributed by atoms with Crippen LogP contribution in [0.5, 0.6) is 0 Å². The molecule has 0 unspecified atom stereocenters. The van der Waals surface area contributed by atoms with Crippen LogP contribution < -0.4 is 5.32 Å². The molecule has 1 N–H and O–H groups in total. The number of nitrogens with one attached hydrogen (secondary N) is 1. The molecule has 166 valence electrons. The number of hydrogen-bond acceptors (Lipinski definition) is 1. The maximum atomic E-state index is 3.66. The van der Waals surface area contributed by atoms with Crippen LogP contribution >= 0.6 is 0 Å². The van der Waals surface area contributed by atoms with Gasteiger partial charge in [-0.1, -0.05) is 153 Å². The molecule has 0 fully saturated rings. The third kappa shape index (κ3) is 10.8. The van der Waals surface area contributed by atoms with Crippen molar-refractivity contribution in [2.24, 2.45) is 0 Å². The fraction of sp³-hybridized carbons (Fsp3) is 0.0625. The summed E-state index contributed by atoms with van der Waals surface area (Å²) in [5, 5.41) is 3.42. The number of hydrogen-bond donors (Lipinski definition) is 1. The second-order valence-corrected chi connectivity index (χ2v) is 7.26. The van der Waals surface area contributed by atoms with Gasteiger partial charge in [-0.2, -0.15) is 0 Å². The first-order chi connectivity index (χ1) is 16.2. The molecular weight excluding hydrogens is 398 g/mol. The van der Waals surface area contributed by atoms with Gasteiger partial charge in [0.05, 0.1) is 0 Å². The van der Waals surface area contributed by atoms with E-state index in [2.05, 4.69) is 73.6 Å². The monoisotopic (exact) mass is 431 g/mol. The first-order valence-corrected chi connectivity index (χ1v) is 11.1. The van der Waals surface area contributed by atoms with Crippen LogP contribution in [-0.4, -0.2) is 0 Å². The van der Waals surface area contributed by atoms with Gasteiger partial charge in [-0.15, -0.1) is 0 Å². The maximum absolute atomic E-state index is 3.66. The van der Waals surface area contributed by atoms with Gasteiger partial charge < -0.3 is 5.32 Å². The van der Waals surface area contributed by atoms with Gasteiger partial charge in [-0.05, 0) is 27.8 Å². The average Bonchev–Trinajstić information content (AvgIpc) is 2.91. The minimum Gasteiger partial charge on any atom is -0.309 e. The highest BCUT2D eigenvalue weighted by molar-refractivity contribution is 5.53. The van der Waals surface area contributed by atoms with Crippen molar-refractivity contribution in [1.82, 2.24) is 5.32 Å². The van der Waals surface area contributed by atoms with Gasteiger partial charge in [-0.3, -0.25) is 0 Å². The molecule has 0 aliphatic carbocycles. The molecule has 0 aromatic heterocycles. The molecule has 0 saturated carbocycles. The molecule has 0 atom stereocenters. The van der Waals surface area contributed by atoms with Crippen molar-refractivity contribution in [3.8, 4) is 0 Å². The van der Waals surface area contributed by atoms with Crippen LogP contribution in [0.1, 0.15) is 27.8 Å². The molecule has 33 heavy (non-hydrogen) atoms. The summed E-state index contributed by atoms with van der Waals surface area (Å²) in [4.78, 5) is 0. The Kier molecular flexibility index (Phi) is 12.1.